The van der Waals surface area contributed by atoms with Crippen LogP contribution in [0.1, 0.15) is 63.2 Å². The van der Waals surface area contributed by atoms with Gasteiger partial charge in [0.1, 0.15) is 11.4 Å². The Morgan fingerprint density at radius 1 is 1.20 bits per heavy atom. The van der Waals surface area contributed by atoms with Crippen molar-refractivity contribution in [3.63, 3.8) is 0 Å². The predicted octanol–water partition coefficient (Wildman–Crippen LogP) is 5.18. The fourth-order valence-corrected chi connectivity index (χ4v) is 1.91. The second kappa shape index (κ2) is 7.88. The Bertz CT molecular complexity index is 429. The molecule has 1 aromatic carbocycles. The zero-order chi connectivity index (χ0) is 15.0. The lowest BCUT2D eigenvalue weighted by Crippen LogP contribution is -2.24. The highest BCUT2D eigenvalue weighted by Crippen LogP contribution is 2.20. The first-order valence-corrected chi connectivity index (χ1v) is 7.44. The molecule has 0 atom stereocenters. The Hall–Kier alpha value is -1.57. The molecule has 0 aliphatic heterocycles. The summed E-state index contributed by atoms with van der Waals surface area (Å²) in [5.74, 6) is 0.980. The highest BCUT2D eigenvalue weighted by molar-refractivity contribution is 5.96. The molecule has 0 aliphatic carbocycles. The molecule has 0 heterocycles. The van der Waals surface area contributed by atoms with Crippen LogP contribution in [0, 0.1) is 0 Å². The van der Waals surface area contributed by atoms with Crippen LogP contribution in [0.15, 0.2) is 36.9 Å². The standard InChI is InChI=1S/C18H26O2/c1-5-7-8-9-10-17(19)15-11-13-16(14-12-15)20-18(3,4)6-2/h6,11-14H,2,5,7-10H2,1,3-4H3. The molecular formula is C18H26O2. The van der Waals surface area contributed by atoms with Crippen LogP contribution in [0.25, 0.3) is 0 Å². The van der Waals surface area contributed by atoms with Crippen LogP contribution >= 0.6 is 0 Å². The van der Waals surface area contributed by atoms with E-state index in [0.717, 1.165) is 24.2 Å². The molecule has 2 nitrogen and oxygen atoms in total. The Morgan fingerprint density at radius 2 is 1.85 bits per heavy atom. The van der Waals surface area contributed by atoms with Gasteiger partial charge in [-0.15, -0.1) is 0 Å². The summed E-state index contributed by atoms with van der Waals surface area (Å²) in [7, 11) is 0. The van der Waals surface area contributed by atoms with Crippen molar-refractivity contribution >= 4 is 5.78 Å². The lowest BCUT2D eigenvalue weighted by atomic mass is 10.0. The van der Waals surface area contributed by atoms with Gasteiger partial charge in [-0.3, -0.25) is 4.79 Å². The van der Waals surface area contributed by atoms with Gasteiger partial charge in [0, 0.05) is 12.0 Å². The Balaban J connectivity index is 2.53. The first kappa shape index (κ1) is 16.5. The summed E-state index contributed by atoms with van der Waals surface area (Å²) < 4.78 is 5.77. The molecular weight excluding hydrogens is 248 g/mol. The molecule has 0 bridgehead atoms. The van der Waals surface area contributed by atoms with Crippen molar-refractivity contribution in [3.8, 4) is 5.75 Å². The Labute approximate surface area is 122 Å². The summed E-state index contributed by atoms with van der Waals surface area (Å²) >= 11 is 0. The molecule has 0 fully saturated rings. The molecule has 1 rings (SSSR count). The van der Waals surface area contributed by atoms with E-state index in [1.807, 2.05) is 38.1 Å². The third kappa shape index (κ3) is 5.60. The number of benzene rings is 1. The first-order valence-electron chi connectivity index (χ1n) is 7.44. The molecule has 0 radical (unpaired) electrons. The smallest absolute Gasteiger partial charge is 0.162 e. The number of Topliss-reactive ketones (excluding diaryl/α,β-unsaturated/α-hetero) is 1. The van der Waals surface area contributed by atoms with Crippen LogP contribution in [0.3, 0.4) is 0 Å². The van der Waals surface area contributed by atoms with Crippen molar-refractivity contribution in [2.45, 2.75) is 58.5 Å². The Kier molecular flexibility index (Phi) is 6.50. The second-order valence-electron chi connectivity index (χ2n) is 5.67. The number of rotatable bonds is 9. The van der Waals surface area contributed by atoms with E-state index in [2.05, 4.69) is 13.5 Å². The normalized spacial score (nSPS) is 11.2. The van der Waals surface area contributed by atoms with Crippen LogP contribution in [0.4, 0.5) is 0 Å². The maximum atomic E-state index is 12.0. The SMILES string of the molecule is C=CC(C)(C)Oc1ccc(C(=O)CCCCCC)cc1. The minimum Gasteiger partial charge on any atom is -0.484 e. The average Bonchev–Trinajstić information content (AvgIpc) is 2.44. The summed E-state index contributed by atoms with van der Waals surface area (Å²) in [6.07, 6.45) is 6.92. The molecule has 0 spiro atoms. The Morgan fingerprint density at radius 3 is 2.40 bits per heavy atom. The predicted molar refractivity (Wildman–Crippen MR) is 84.4 cm³/mol. The van der Waals surface area contributed by atoms with Crippen LogP contribution in [-0.4, -0.2) is 11.4 Å². The molecule has 0 aliphatic rings. The number of ketones is 1. The zero-order valence-corrected chi connectivity index (χ0v) is 12.9. The van der Waals surface area contributed by atoms with Gasteiger partial charge in [-0.25, -0.2) is 0 Å². The number of unbranched alkanes of at least 4 members (excludes halogenated alkanes) is 3. The molecule has 110 valence electrons. The van der Waals surface area contributed by atoms with Crippen molar-refractivity contribution < 1.29 is 9.53 Å². The fourth-order valence-electron chi connectivity index (χ4n) is 1.91. The van der Waals surface area contributed by atoms with Crippen LogP contribution in [-0.2, 0) is 0 Å². The molecule has 20 heavy (non-hydrogen) atoms. The average molecular weight is 274 g/mol. The van der Waals surface area contributed by atoms with Gasteiger partial charge in [-0.1, -0.05) is 32.8 Å². The minimum absolute atomic E-state index is 0.218. The summed E-state index contributed by atoms with van der Waals surface area (Å²) in [5, 5.41) is 0. The molecule has 0 aromatic heterocycles. The van der Waals surface area contributed by atoms with Gasteiger partial charge in [0.25, 0.3) is 0 Å². The lowest BCUT2D eigenvalue weighted by molar-refractivity contribution is 0.0979. The maximum Gasteiger partial charge on any atom is 0.162 e. The van der Waals surface area contributed by atoms with Crippen molar-refractivity contribution in [2.24, 2.45) is 0 Å². The van der Waals surface area contributed by atoms with Crippen molar-refractivity contribution in [3.05, 3.63) is 42.5 Å². The van der Waals surface area contributed by atoms with Crippen molar-refractivity contribution in [1.82, 2.24) is 0 Å². The van der Waals surface area contributed by atoms with E-state index in [9.17, 15) is 4.79 Å². The van der Waals surface area contributed by atoms with Gasteiger partial charge in [0.2, 0.25) is 0 Å². The zero-order valence-electron chi connectivity index (χ0n) is 12.9. The largest absolute Gasteiger partial charge is 0.484 e. The summed E-state index contributed by atoms with van der Waals surface area (Å²) in [6, 6.07) is 7.39. The third-order valence-electron chi connectivity index (χ3n) is 3.31. The third-order valence-corrected chi connectivity index (χ3v) is 3.31. The van der Waals surface area contributed by atoms with Gasteiger partial charge in [0.05, 0.1) is 0 Å². The number of carbonyl (C=O) groups excluding carboxylic acids is 1. The van der Waals surface area contributed by atoms with E-state index in [1.165, 1.54) is 12.8 Å². The van der Waals surface area contributed by atoms with Crippen LogP contribution < -0.4 is 4.74 Å². The van der Waals surface area contributed by atoms with E-state index in [4.69, 9.17) is 4.74 Å². The van der Waals surface area contributed by atoms with Crippen molar-refractivity contribution in [1.29, 1.82) is 0 Å². The lowest BCUT2D eigenvalue weighted by Gasteiger charge is -2.22. The number of ether oxygens (including phenoxy) is 1. The van der Waals surface area contributed by atoms with E-state index in [0.29, 0.717) is 6.42 Å². The number of hydrogen-bond acceptors (Lipinski definition) is 2. The second-order valence-corrected chi connectivity index (χ2v) is 5.67. The highest BCUT2D eigenvalue weighted by Gasteiger charge is 2.14. The molecule has 2 heteroatoms. The fraction of sp³-hybridized carbons (Fsp3) is 0.500. The summed E-state index contributed by atoms with van der Waals surface area (Å²) in [6.45, 7) is 9.82. The number of hydrogen-bond donors (Lipinski definition) is 0. The van der Waals surface area contributed by atoms with Crippen LogP contribution in [0.2, 0.25) is 0 Å². The minimum atomic E-state index is -0.397. The molecule has 0 saturated carbocycles. The first-order chi connectivity index (χ1) is 9.48. The van der Waals surface area contributed by atoms with Gasteiger partial charge >= 0.3 is 0 Å². The van der Waals surface area contributed by atoms with E-state index in [1.54, 1.807) is 6.08 Å². The van der Waals surface area contributed by atoms with Gasteiger partial charge in [-0.05, 0) is 50.6 Å². The molecule has 1 aromatic rings. The van der Waals surface area contributed by atoms with Gasteiger partial charge < -0.3 is 4.74 Å². The molecule has 0 unspecified atom stereocenters. The monoisotopic (exact) mass is 274 g/mol. The number of carbonyl (C=O) groups is 1. The summed E-state index contributed by atoms with van der Waals surface area (Å²) in [4.78, 5) is 12.0. The van der Waals surface area contributed by atoms with Gasteiger partial charge in [-0.2, -0.15) is 0 Å². The molecule has 0 saturated heterocycles. The highest BCUT2D eigenvalue weighted by atomic mass is 16.5. The topological polar surface area (TPSA) is 26.3 Å². The quantitative estimate of drug-likeness (QED) is 0.352. The van der Waals surface area contributed by atoms with Crippen LogP contribution in [0.5, 0.6) is 5.75 Å². The maximum absolute atomic E-state index is 12.0. The molecule has 0 amide bonds. The van der Waals surface area contributed by atoms with E-state index < -0.39 is 5.60 Å². The van der Waals surface area contributed by atoms with E-state index in [-0.39, 0.29) is 5.78 Å². The van der Waals surface area contributed by atoms with Crippen molar-refractivity contribution in [2.75, 3.05) is 0 Å². The summed E-state index contributed by atoms with van der Waals surface area (Å²) in [5.41, 5.74) is 0.372. The van der Waals surface area contributed by atoms with E-state index >= 15 is 0 Å². The van der Waals surface area contributed by atoms with Gasteiger partial charge in [0.15, 0.2) is 5.78 Å². The molecule has 0 N–H and O–H groups in total.